The zero-order chi connectivity index (χ0) is 19.3. The van der Waals surface area contributed by atoms with Crippen molar-refractivity contribution in [3.63, 3.8) is 0 Å². The minimum Gasteiger partial charge on any atom is -0.495 e. The molecule has 0 aliphatic carbocycles. The van der Waals surface area contributed by atoms with E-state index in [1.807, 2.05) is 0 Å². The van der Waals surface area contributed by atoms with Crippen molar-refractivity contribution in [2.45, 2.75) is 6.18 Å². The molecule has 0 fully saturated rings. The first-order valence-corrected chi connectivity index (χ1v) is 7.85. The number of pyridine rings is 1. The topological polar surface area (TPSA) is 74.3 Å². The van der Waals surface area contributed by atoms with Crippen LogP contribution in [0.25, 0.3) is 22.4 Å². The van der Waals surface area contributed by atoms with Crippen molar-refractivity contribution in [1.29, 1.82) is 0 Å². The number of nitrogens with zero attached hydrogens (tertiary/aromatic N) is 5. The third kappa shape index (κ3) is 2.78. The van der Waals surface area contributed by atoms with Crippen LogP contribution < -0.4 is 10.3 Å². The van der Waals surface area contributed by atoms with Gasteiger partial charge in [0.2, 0.25) is 0 Å². The van der Waals surface area contributed by atoms with Crippen molar-refractivity contribution < 1.29 is 17.9 Å². The summed E-state index contributed by atoms with van der Waals surface area (Å²) in [5, 5.41) is 3.87. The minimum atomic E-state index is -4.72. The third-order valence-electron chi connectivity index (χ3n) is 3.89. The van der Waals surface area contributed by atoms with Crippen molar-refractivity contribution in [2.75, 3.05) is 7.11 Å². The lowest BCUT2D eigenvalue weighted by molar-refractivity contribution is -0.144. The summed E-state index contributed by atoms with van der Waals surface area (Å²) in [6.45, 7) is 0. The fraction of sp³-hybridized carbons (Fsp3) is 0.125. The van der Waals surface area contributed by atoms with Gasteiger partial charge in [-0.05, 0) is 24.3 Å². The molecule has 0 saturated heterocycles. The lowest BCUT2D eigenvalue weighted by Crippen LogP contribution is -2.19. The molecule has 138 valence electrons. The van der Waals surface area contributed by atoms with Crippen molar-refractivity contribution in [2.24, 2.45) is 0 Å². The van der Waals surface area contributed by atoms with Crippen LogP contribution >= 0.6 is 11.6 Å². The van der Waals surface area contributed by atoms with Gasteiger partial charge in [-0.15, -0.1) is 5.10 Å². The highest BCUT2D eigenvalue weighted by atomic mass is 35.5. The Hall–Kier alpha value is -3.14. The molecule has 0 saturated carbocycles. The number of hydrogen-bond donors (Lipinski definition) is 0. The Kier molecular flexibility index (Phi) is 3.81. The lowest BCUT2D eigenvalue weighted by Gasteiger charge is -2.12. The number of methoxy groups -OCH3 is 1. The van der Waals surface area contributed by atoms with Gasteiger partial charge in [-0.25, -0.2) is 4.98 Å². The standard InChI is InChI=1S/C16H9ClF3N5O2/c1-27-12-3-2-8(17)6-11(12)24-5-4-10-9(13(24)26)7-21-15-22-14(16(18,19)20)23-25(10)15/h2-7H,1H3. The summed E-state index contributed by atoms with van der Waals surface area (Å²) in [5.41, 5.74) is 0.00309. The molecule has 0 unspecified atom stereocenters. The molecule has 0 aliphatic heterocycles. The highest BCUT2D eigenvalue weighted by molar-refractivity contribution is 6.30. The molecule has 0 aliphatic rings. The number of rotatable bonds is 2. The first-order valence-electron chi connectivity index (χ1n) is 7.48. The number of aromatic nitrogens is 5. The normalized spacial score (nSPS) is 12.0. The summed E-state index contributed by atoms with van der Waals surface area (Å²) in [4.78, 5) is 20.1. The maximum absolute atomic E-state index is 12.9. The van der Waals surface area contributed by atoms with Gasteiger partial charge in [-0.1, -0.05) is 11.6 Å². The van der Waals surface area contributed by atoms with Crippen LogP contribution in [0.5, 0.6) is 5.75 Å². The largest absolute Gasteiger partial charge is 0.495 e. The van der Waals surface area contributed by atoms with Gasteiger partial charge >= 0.3 is 6.18 Å². The summed E-state index contributed by atoms with van der Waals surface area (Å²) in [6, 6.07) is 6.19. The van der Waals surface area contributed by atoms with Crippen LogP contribution in [-0.4, -0.2) is 31.3 Å². The number of halogens is 4. The molecule has 0 bridgehead atoms. The maximum atomic E-state index is 12.9. The zero-order valence-electron chi connectivity index (χ0n) is 13.5. The molecule has 4 rings (SSSR count). The van der Waals surface area contributed by atoms with E-state index < -0.39 is 17.6 Å². The average Bonchev–Trinajstić information content (AvgIpc) is 3.07. The predicted molar refractivity (Wildman–Crippen MR) is 90.4 cm³/mol. The molecule has 0 radical (unpaired) electrons. The highest BCUT2D eigenvalue weighted by Crippen LogP contribution is 2.28. The van der Waals surface area contributed by atoms with E-state index in [-0.39, 0.29) is 16.7 Å². The Labute approximate surface area is 153 Å². The van der Waals surface area contributed by atoms with E-state index >= 15 is 0 Å². The van der Waals surface area contributed by atoms with Gasteiger partial charge in [0.25, 0.3) is 17.2 Å². The summed E-state index contributed by atoms with van der Waals surface area (Å²) in [7, 11) is 1.44. The molecule has 11 heteroatoms. The van der Waals surface area contributed by atoms with E-state index in [1.54, 1.807) is 12.1 Å². The zero-order valence-corrected chi connectivity index (χ0v) is 14.3. The van der Waals surface area contributed by atoms with Crippen molar-refractivity contribution in [1.82, 2.24) is 24.1 Å². The van der Waals surface area contributed by atoms with Gasteiger partial charge in [-0.3, -0.25) is 9.36 Å². The first kappa shape index (κ1) is 17.3. The summed E-state index contributed by atoms with van der Waals surface area (Å²) in [5.74, 6) is -1.19. The Morgan fingerprint density at radius 3 is 2.70 bits per heavy atom. The van der Waals surface area contributed by atoms with Gasteiger partial charge in [0.1, 0.15) is 5.75 Å². The molecule has 4 aromatic rings. The molecule has 0 atom stereocenters. The Morgan fingerprint density at radius 1 is 1.22 bits per heavy atom. The SMILES string of the molecule is COc1ccc(Cl)cc1-n1ccc2c(cnc3nc(C(F)(F)F)nn32)c1=O. The van der Waals surface area contributed by atoms with E-state index in [2.05, 4.69) is 15.1 Å². The smallest absolute Gasteiger partial charge is 0.453 e. The first-order chi connectivity index (χ1) is 12.8. The Morgan fingerprint density at radius 2 is 2.00 bits per heavy atom. The van der Waals surface area contributed by atoms with E-state index in [0.29, 0.717) is 16.5 Å². The quantitative estimate of drug-likeness (QED) is 0.521. The highest BCUT2D eigenvalue weighted by Gasteiger charge is 2.36. The van der Waals surface area contributed by atoms with Crippen LogP contribution in [-0.2, 0) is 6.18 Å². The Bertz CT molecular complexity index is 1250. The molecule has 7 nitrogen and oxygen atoms in total. The second-order valence-corrected chi connectivity index (χ2v) is 5.95. The number of fused-ring (bicyclic) bond motifs is 3. The predicted octanol–water partition coefficient (Wildman–Crippen LogP) is 3.11. The molecule has 3 aromatic heterocycles. The van der Waals surface area contributed by atoms with Crippen LogP contribution in [0, 0.1) is 0 Å². The van der Waals surface area contributed by atoms with Gasteiger partial charge in [0, 0.05) is 17.4 Å². The van der Waals surface area contributed by atoms with Crippen molar-refractivity contribution >= 4 is 28.3 Å². The van der Waals surface area contributed by atoms with Crippen LogP contribution in [0.1, 0.15) is 5.82 Å². The molecule has 0 amide bonds. The van der Waals surface area contributed by atoms with Crippen LogP contribution in [0.15, 0.2) is 41.5 Å². The van der Waals surface area contributed by atoms with Crippen LogP contribution in [0.3, 0.4) is 0 Å². The summed E-state index contributed by atoms with van der Waals surface area (Å²) in [6.07, 6.45) is -2.16. The third-order valence-corrected chi connectivity index (χ3v) is 4.12. The molecule has 3 heterocycles. The monoisotopic (exact) mass is 395 g/mol. The number of alkyl halides is 3. The van der Waals surface area contributed by atoms with E-state index in [0.717, 1.165) is 10.7 Å². The van der Waals surface area contributed by atoms with Crippen molar-refractivity contribution in [3.8, 4) is 11.4 Å². The summed E-state index contributed by atoms with van der Waals surface area (Å²) < 4.78 is 46.0. The van der Waals surface area contributed by atoms with Crippen LogP contribution in [0.2, 0.25) is 5.02 Å². The molecule has 1 aromatic carbocycles. The molecule has 0 spiro atoms. The molecule has 27 heavy (non-hydrogen) atoms. The fourth-order valence-electron chi connectivity index (χ4n) is 2.68. The number of benzene rings is 1. The van der Waals surface area contributed by atoms with E-state index in [1.165, 1.54) is 30.0 Å². The second kappa shape index (κ2) is 5.95. The second-order valence-electron chi connectivity index (χ2n) is 5.51. The fourth-order valence-corrected chi connectivity index (χ4v) is 2.85. The van der Waals surface area contributed by atoms with Gasteiger partial charge in [0.15, 0.2) is 0 Å². The Balaban J connectivity index is 2.00. The molecular weight excluding hydrogens is 387 g/mol. The number of ether oxygens (including phenoxy) is 1. The molecular formula is C16H9ClF3N5O2. The van der Waals surface area contributed by atoms with Crippen molar-refractivity contribution in [3.05, 3.63) is 57.9 Å². The lowest BCUT2D eigenvalue weighted by atomic mass is 10.2. The van der Waals surface area contributed by atoms with Crippen LogP contribution in [0.4, 0.5) is 13.2 Å². The average molecular weight is 396 g/mol. The number of hydrogen-bond acceptors (Lipinski definition) is 5. The van der Waals surface area contributed by atoms with E-state index in [4.69, 9.17) is 16.3 Å². The summed E-state index contributed by atoms with van der Waals surface area (Å²) >= 11 is 6.01. The maximum Gasteiger partial charge on any atom is 0.453 e. The van der Waals surface area contributed by atoms with Gasteiger partial charge < -0.3 is 4.74 Å². The minimum absolute atomic E-state index is 0.0608. The van der Waals surface area contributed by atoms with E-state index in [9.17, 15) is 18.0 Å². The van der Waals surface area contributed by atoms with Gasteiger partial charge in [0.05, 0.1) is 23.7 Å². The molecule has 0 N–H and O–H groups in total. The van der Waals surface area contributed by atoms with Gasteiger partial charge in [-0.2, -0.15) is 22.7 Å².